The second kappa shape index (κ2) is 8.39. The van der Waals surface area contributed by atoms with E-state index in [0.29, 0.717) is 11.3 Å². The number of phenolic OH excluding ortho intramolecular Hbond substituents is 1. The van der Waals surface area contributed by atoms with Crippen molar-refractivity contribution in [3.05, 3.63) is 76.8 Å². The number of aromatic hydroxyl groups is 1. The summed E-state index contributed by atoms with van der Waals surface area (Å²) in [5.74, 6) is 0.151. The van der Waals surface area contributed by atoms with Gasteiger partial charge in [-0.3, -0.25) is 0 Å². The number of benzene rings is 2. The van der Waals surface area contributed by atoms with E-state index in [9.17, 15) is 10.1 Å². The topological polar surface area (TPSA) is 49.7 Å². The van der Waals surface area contributed by atoms with Crippen molar-refractivity contribution in [3.63, 3.8) is 0 Å². The molecule has 5 heteroatoms. The van der Waals surface area contributed by atoms with Crippen molar-refractivity contribution >= 4 is 30.4 Å². The highest BCUT2D eigenvalue weighted by Crippen LogP contribution is 2.29. The first-order chi connectivity index (χ1) is 12.1. The normalized spacial score (nSPS) is 17.8. The molecule has 3 nitrogen and oxygen atoms in total. The van der Waals surface area contributed by atoms with Gasteiger partial charge < -0.3 is 14.8 Å². The third-order valence-corrected chi connectivity index (χ3v) is 4.50. The number of hydrogen-bond donors (Lipinski definition) is 2. The zero-order valence-corrected chi connectivity index (χ0v) is 14.6. The zero-order chi connectivity index (χ0) is 17.6. The molecule has 0 amide bonds. The minimum absolute atomic E-state index is 0.0915. The lowest BCUT2D eigenvalue weighted by molar-refractivity contribution is 0.193. The van der Waals surface area contributed by atoms with Gasteiger partial charge in [-0.05, 0) is 53.8 Å². The second-order valence-electron chi connectivity index (χ2n) is 6.07. The van der Waals surface area contributed by atoms with Crippen molar-refractivity contribution < 1.29 is 14.8 Å². The minimum Gasteiger partial charge on any atom is -0.508 e. The number of rotatable bonds is 5. The first kappa shape index (κ1) is 17.8. The Labute approximate surface area is 153 Å². The van der Waals surface area contributed by atoms with E-state index >= 15 is 0 Å². The Kier molecular flexibility index (Phi) is 5.98. The summed E-state index contributed by atoms with van der Waals surface area (Å²) in [6.45, 7) is 0. The lowest BCUT2D eigenvalue weighted by Gasteiger charge is -2.21. The molecule has 0 fully saturated rings. The summed E-state index contributed by atoms with van der Waals surface area (Å²) >= 11 is 6.26. The molecule has 3 rings (SSSR count). The molecule has 1 aliphatic rings. The van der Waals surface area contributed by atoms with Gasteiger partial charge in [-0.25, -0.2) is 0 Å². The van der Waals surface area contributed by atoms with Gasteiger partial charge in [0.1, 0.15) is 5.75 Å². The lowest BCUT2D eigenvalue weighted by atomic mass is 9.82. The fourth-order valence-corrected chi connectivity index (χ4v) is 3.11. The molecule has 2 aromatic carbocycles. The standard InChI is InChI=1S/C20H20BClO3/c22-20-14-18(23)10-8-17(20)13-16(15-5-2-1-3-6-15)9-11-19-7-4-12-21(24)25-19/h1-8,10,13-14,19,23-24H,9,11-12H2/b16-13-/t19-/m0/s1. The van der Waals surface area contributed by atoms with Crippen LogP contribution in [0.5, 0.6) is 5.75 Å². The van der Waals surface area contributed by atoms with Crippen molar-refractivity contribution in [2.24, 2.45) is 0 Å². The quantitative estimate of drug-likeness (QED) is 0.460. The maximum absolute atomic E-state index is 9.63. The van der Waals surface area contributed by atoms with Crippen LogP contribution in [0.15, 0.2) is 60.7 Å². The third kappa shape index (κ3) is 4.99. The maximum atomic E-state index is 9.63. The molecule has 0 spiro atoms. The van der Waals surface area contributed by atoms with Gasteiger partial charge in [0.2, 0.25) is 0 Å². The first-order valence-corrected chi connectivity index (χ1v) is 8.74. The van der Waals surface area contributed by atoms with Crippen LogP contribution >= 0.6 is 11.6 Å². The molecule has 0 bridgehead atoms. The first-order valence-electron chi connectivity index (χ1n) is 8.36. The van der Waals surface area contributed by atoms with Crippen LogP contribution in [0.2, 0.25) is 11.3 Å². The van der Waals surface area contributed by atoms with E-state index in [4.69, 9.17) is 16.3 Å². The van der Waals surface area contributed by atoms with Crippen LogP contribution in [0.3, 0.4) is 0 Å². The molecule has 0 aromatic heterocycles. The molecular formula is C20H20BClO3. The summed E-state index contributed by atoms with van der Waals surface area (Å²) in [7, 11) is -0.717. The average Bonchev–Trinajstić information content (AvgIpc) is 2.61. The summed E-state index contributed by atoms with van der Waals surface area (Å²) in [4.78, 5) is 0. The third-order valence-electron chi connectivity index (χ3n) is 4.18. The molecule has 0 radical (unpaired) electrons. The van der Waals surface area contributed by atoms with Gasteiger partial charge in [-0.15, -0.1) is 0 Å². The molecule has 1 atom stereocenters. The van der Waals surface area contributed by atoms with Crippen molar-refractivity contribution in [2.75, 3.05) is 0 Å². The molecule has 0 saturated carbocycles. The fourth-order valence-electron chi connectivity index (χ4n) is 2.88. The summed E-state index contributed by atoms with van der Waals surface area (Å²) in [6, 6.07) is 15.1. The average molecular weight is 355 g/mol. The van der Waals surface area contributed by atoms with E-state index in [-0.39, 0.29) is 11.9 Å². The van der Waals surface area contributed by atoms with Gasteiger partial charge in [-0.1, -0.05) is 54.1 Å². The van der Waals surface area contributed by atoms with Crippen LogP contribution in [-0.2, 0) is 4.65 Å². The molecule has 2 N–H and O–H groups in total. The van der Waals surface area contributed by atoms with Crippen LogP contribution in [0.4, 0.5) is 0 Å². The van der Waals surface area contributed by atoms with Gasteiger partial charge in [0, 0.05) is 6.32 Å². The van der Waals surface area contributed by atoms with Crippen molar-refractivity contribution in [1.82, 2.24) is 0 Å². The molecule has 0 aliphatic carbocycles. The Hall–Kier alpha value is -2.01. The summed E-state index contributed by atoms with van der Waals surface area (Å²) in [5, 5.41) is 19.7. The SMILES string of the molecule is OB1CC=C[C@@H](CC/C(=C/c2ccc(O)cc2Cl)c2ccccc2)O1. The van der Waals surface area contributed by atoms with E-state index < -0.39 is 7.12 Å². The van der Waals surface area contributed by atoms with Gasteiger partial charge >= 0.3 is 7.12 Å². The highest BCUT2D eigenvalue weighted by molar-refractivity contribution is 6.43. The van der Waals surface area contributed by atoms with E-state index in [1.807, 2.05) is 36.4 Å². The fraction of sp³-hybridized carbons (Fsp3) is 0.200. The Morgan fingerprint density at radius 2 is 2.04 bits per heavy atom. The number of halogens is 1. The molecule has 2 aromatic rings. The molecule has 1 aliphatic heterocycles. The summed E-state index contributed by atoms with van der Waals surface area (Å²) in [6.07, 6.45) is 8.00. The van der Waals surface area contributed by atoms with Crippen LogP contribution < -0.4 is 0 Å². The molecule has 25 heavy (non-hydrogen) atoms. The molecule has 1 heterocycles. The van der Waals surface area contributed by atoms with E-state index in [1.165, 1.54) is 0 Å². The van der Waals surface area contributed by atoms with E-state index in [0.717, 1.165) is 29.5 Å². The highest BCUT2D eigenvalue weighted by atomic mass is 35.5. The number of phenols is 1. The predicted octanol–water partition coefficient (Wildman–Crippen LogP) is 4.80. The Morgan fingerprint density at radius 3 is 2.76 bits per heavy atom. The van der Waals surface area contributed by atoms with Crippen molar-refractivity contribution in [1.29, 1.82) is 0 Å². The largest absolute Gasteiger partial charge is 0.508 e. The van der Waals surface area contributed by atoms with Crippen LogP contribution in [0, 0.1) is 0 Å². The Bertz CT molecular complexity index is 774. The smallest absolute Gasteiger partial charge is 0.458 e. The molecule has 0 saturated heterocycles. The predicted molar refractivity (Wildman–Crippen MR) is 103 cm³/mol. The summed E-state index contributed by atoms with van der Waals surface area (Å²) in [5.41, 5.74) is 3.11. The summed E-state index contributed by atoms with van der Waals surface area (Å²) < 4.78 is 5.54. The van der Waals surface area contributed by atoms with Crippen LogP contribution in [-0.4, -0.2) is 23.4 Å². The molecular weight excluding hydrogens is 334 g/mol. The van der Waals surface area contributed by atoms with Crippen LogP contribution in [0.1, 0.15) is 24.0 Å². The van der Waals surface area contributed by atoms with E-state index in [2.05, 4.69) is 12.1 Å². The zero-order valence-electron chi connectivity index (χ0n) is 13.8. The lowest BCUT2D eigenvalue weighted by Crippen LogP contribution is -2.27. The number of allylic oxidation sites excluding steroid dienone is 2. The molecule has 128 valence electrons. The van der Waals surface area contributed by atoms with Gasteiger partial charge in [-0.2, -0.15) is 0 Å². The van der Waals surface area contributed by atoms with E-state index in [1.54, 1.807) is 18.2 Å². The van der Waals surface area contributed by atoms with Crippen molar-refractivity contribution in [3.8, 4) is 5.75 Å². The molecule has 0 unspecified atom stereocenters. The van der Waals surface area contributed by atoms with Crippen molar-refractivity contribution in [2.45, 2.75) is 25.3 Å². The monoisotopic (exact) mass is 354 g/mol. The Balaban J connectivity index is 1.84. The number of hydrogen-bond acceptors (Lipinski definition) is 3. The van der Waals surface area contributed by atoms with Gasteiger partial charge in [0.15, 0.2) is 0 Å². The van der Waals surface area contributed by atoms with Gasteiger partial charge in [0.25, 0.3) is 0 Å². The van der Waals surface area contributed by atoms with Crippen LogP contribution in [0.25, 0.3) is 11.6 Å². The second-order valence-corrected chi connectivity index (χ2v) is 6.48. The minimum atomic E-state index is -0.717. The maximum Gasteiger partial charge on any atom is 0.458 e. The van der Waals surface area contributed by atoms with Gasteiger partial charge in [0.05, 0.1) is 11.1 Å². The highest BCUT2D eigenvalue weighted by Gasteiger charge is 2.20. The Morgan fingerprint density at radius 1 is 1.24 bits per heavy atom.